The van der Waals surface area contributed by atoms with Crippen molar-refractivity contribution in [2.75, 3.05) is 0 Å². The Balaban J connectivity index is 1.90. The smallest absolute Gasteiger partial charge is 0.182 e. The summed E-state index contributed by atoms with van der Waals surface area (Å²) in [6.45, 7) is 0. The van der Waals surface area contributed by atoms with Crippen molar-refractivity contribution in [3.63, 3.8) is 0 Å². The Labute approximate surface area is 127 Å². The fraction of sp³-hybridized carbons (Fsp3) is 0. The first-order valence-electron chi connectivity index (χ1n) is 7.00. The number of fused-ring (bicyclic) bond motifs is 1. The zero-order chi connectivity index (χ0) is 14.8. The van der Waals surface area contributed by atoms with Gasteiger partial charge in [-0.15, -0.1) is 0 Å². The fourth-order valence-electron chi connectivity index (χ4n) is 2.39. The van der Waals surface area contributed by atoms with Gasteiger partial charge in [0.2, 0.25) is 0 Å². The summed E-state index contributed by atoms with van der Waals surface area (Å²) in [4.78, 5) is 17.8. The van der Waals surface area contributed by atoms with Crippen molar-refractivity contribution in [2.45, 2.75) is 0 Å². The zero-order valence-electron chi connectivity index (χ0n) is 11.7. The summed E-state index contributed by atoms with van der Waals surface area (Å²) in [6.07, 6.45) is 3.31. The van der Waals surface area contributed by atoms with E-state index in [9.17, 15) is 0 Å². The van der Waals surface area contributed by atoms with Gasteiger partial charge in [0.1, 0.15) is 17.5 Å². The molecule has 0 N–H and O–H groups in total. The van der Waals surface area contributed by atoms with E-state index in [4.69, 9.17) is 0 Å². The lowest BCUT2D eigenvalue weighted by Crippen LogP contribution is -1.95. The highest BCUT2D eigenvalue weighted by molar-refractivity contribution is 5.87. The van der Waals surface area contributed by atoms with E-state index in [1.165, 1.54) is 6.33 Å². The summed E-state index contributed by atoms with van der Waals surface area (Å²) in [7, 11) is 0. The Morgan fingerprint density at radius 3 is 2.05 bits per heavy atom. The third kappa shape index (κ3) is 2.20. The van der Waals surface area contributed by atoms with Crippen molar-refractivity contribution in [2.24, 2.45) is 0 Å². The number of hydrogen-bond acceptors (Lipinski definition) is 4. The number of benzene rings is 2. The first-order valence-corrected chi connectivity index (χ1v) is 7.00. The van der Waals surface area contributed by atoms with Gasteiger partial charge in [-0.05, 0) is 0 Å². The maximum atomic E-state index is 4.62. The average Bonchev–Trinajstić information content (AvgIpc) is 2.62. The molecule has 104 valence electrons. The maximum absolute atomic E-state index is 4.62. The molecule has 2 aromatic carbocycles. The van der Waals surface area contributed by atoms with Crippen LogP contribution in [0.4, 0.5) is 0 Å². The number of aromatic nitrogens is 4. The minimum atomic E-state index is 0.607. The molecule has 2 aromatic heterocycles. The molecule has 0 saturated carbocycles. The molecule has 0 fully saturated rings. The summed E-state index contributed by atoms with van der Waals surface area (Å²) in [6, 6.07) is 19.9. The van der Waals surface area contributed by atoms with Crippen LogP contribution >= 0.6 is 0 Å². The largest absolute Gasteiger partial charge is 0.248 e. The van der Waals surface area contributed by atoms with Gasteiger partial charge in [0.15, 0.2) is 5.65 Å². The number of rotatable bonds is 2. The van der Waals surface area contributed by atoms with Crippen LogP contribution < -0.4 is 0 Å². The van der Waals surface area contributed by atoms with Crippen LogP contribution in [0.15, 0.2) is 73.2 Å². The second-order valence-electron chi connectivity index (χ2n) is 4.88. The SMILES string of the molecule is c1ccc(-c2cnc3c(-c4ccccc4)ncnc3n2)cc1. The van der Waals surface area contributed by atoms with Crippen molar-refractivity contribution in [1.29, 1.82) is 0 Å². The molecule has 0 radical (unpaired) electrons. The lowest BCUT2D eigenvalue weighted by molar-refractivity contribution is 1.15. The van der Waals surface area contributed by atoms with Crippen LogP contribution in [0.25, 0.3) is 33.7 Å². The molecular weight excluding hydrogens is 272 g/mol. The molecule has 4 heteroatoms. The van der Waals surface area contributed by atoms with E-state index < -0.39 is 0 Å². The lowest BCUT2D eigenvalue weighted by Gasteiger charge is -2.05. The third-order valence-corrected chi connectivity index (χ3v) is 3.46. The Hall–Kier alpha value is -3.14. The molecule has 0 saturated heterocycles. The molecular formula is C18H12N4. The van der Waals surface area contributed by atoms with Crippen LogP contribution in [0.2, 0.25) is 0 Å². The normalized spacial score (nSPS) is 10.7. The Kier molecular flexibility index (Phi) is 3.05. The second-order valence-corrected chi connectivity index (χ2v) is 4.88. The first kappa shape index (κ1) is 12.6. The molecule has 0 amide bonds. The van der Waals surface area contributed by atoms with E-state index in [1.807, 2.05) is 60.7 Å². The highest BCUT2D eigenvalue weighted by Gasteiger charge is 2.10. The fourth-order valence-corrected chi connectivity index (χ4v) is 2.39. The minimum Gasteiger partial charge on any atom is -0.248 e. The molecule has 0 spiro atoms. The Morgan fingerprint density at radius 2 is 1.32 bits per heavy atom. The van der Waals surface area contributed by atoms with Gasteiger partial charge in [-0.25, -0.2) is 19.9 Å². The molecule has 4 rings (SSSR count). The van der Waals surface area contributed by atoms with E-state index in [1.54, 1.807) is 6.20 Å². The van der Waals surface area contributed by atoms with Crippen molar-refractivity contribution in [3.8, 4) is 22.5 Å². The van der Waals surface area contributed by atoms with Crippen molar-refractivity contribution in [3.05, 3.63) is 73.2 Å². The molecule has 0 bridgehead atoms. The second kappa shape index (κ2) is 5.33. The molecule has 4 nitrogen and oxygen atoms in total. The lowest BCUT2D eigenvalue weighted by atomic mass is 10.1. The van der Waals surface area contributed by atoms with Gasteiger partial charge in [0, 0.05) is 11.1 Å². The van der Waals surface area contributed by atoms with Crippen LogP contribution in [0.5, 0.6) is 0 Å². The Morgan fingerprint density at radius 1 is 0.636 bits per heavy atom. The summed E-state index contributed by atoms with van der Waals surface area (Å²) >= 11 is 0. The van der Waals surface area contributed by atoms with Crippen LogP contribution in [0, 0.1) is 0 Å². The van der Waals surface area contributed by atoms with E-state index in [2.05, 4.69) is 19.9 Å². The quantitative estimate of drug-likeness (QED) is 0.562. The van der Waals surface area contributed by atoms with Gasteiger partial charge in [-0.2, -0.15) is 0 Å². The summed E-state index contributed by atoms with van der Waals surface area (Å²) < 4.78 is 0. The van der Waals surface area contributed by atoms with Crippen molar-refractivity contribution in [1.82, 2.24) is 19.9 Å². The van der Waals surface area contributed by atoms with Gasteiger partial charge in [0.05, 0.1) is 11.9 Å². The highest BCUT2D eigenvalue weighted by atomic mass is 15.0. The monoisotopic (exact) mass is 284 g/mol. The molecule has 0 unspecified atom stereocenters. The average molecular weight is 284 g/mol. The van der Waals surface area contributed by atoms with E-state index in [0.717, 1.165) is 22.5 Å². The van der Waals surface area contributed by atoms with E-state index in [-0.39, 0.29) is 0 Å². The van der Waals surface area contributed by atoms with Crippen molar-refractivity contribution >= 4 is 11.2 Å². The Bertz CT molecular complexity index is 921. The molecule has 0 aliphatic heterocycles. The summed E-state index contributed by atoms with van der Waals surface area (Å²) in [5.74, 6) is 0. The first-order chi connectivity index (χ1) is 10.9. The van der Waals surface area contributed by atoms with Crippen LogP contribution in [-0.2, 0) is 0 Å². The molecule has 4 aromatic rings. The van der Waals surface area contributed by atoms with Gasteiger partial charge < -0.3 is 0 Å². The molecule has 2 heterocycles. The topological polar surface area (TPSA) is 51.6 Å². The number of hydrogen-bond donors (Lipinski definition) is 0. The molecule has 0 aliphatic rings. The van der Waals surface area contributed by atoms with Gasteiger partial charge >= 0.3 is 0 Å². The highest BCUT2D eigenvalue weighted by Crippen LogP contribution is 2.24. The standard InChI is InChI=1S/C18H12N4/c1-3-7-13(8-4-1)15-11-19-17-16(14-9-5-2-6-10-14)20-12-21-18(17)22-15/h1-12H. The van der Waals surface area contributed by atoms with Gasteiger partial charge in [-0.3, -0.25) is 0 Å². The maximum Gasteiger partial charge on any atom is 0.182 e. The zero-order valence-corrected chi connectivity index (χ0v) is 11.7. The van der Waals surface area contributed by atoms with Gasteiger partial charge in [0.25, 0.3) is 0 Å². The minimum absolute atomic E-state index is 0.607. The predicted molar refractivity (Wildman–Crippen MR) is 86.0 cm³/mol. The van der Waals surface area contributed by atoms with Crippen molar-refractivity contribution < 1.29 is 0 Å². The van der Waals surface area contributed by atoms with Crippen LogP contribution in [-0.4, -0.2) is 19.9 Å². The summed E-state index contributed by atoms with van der Waals surface area (Å²) in [5, 5.41) is 0. The van der Waals surface area contributed by atoms with E-state index >= 15 is 0 Å². The van der Waals surface area contributed by atoms with Crippen LogP contribution in [0.3, 0.4) is 0 Å². The van der Waals surface area contributed by atoms with E-state index in [0.29, 0.717) is 11.2 Å². The van der Waals surface area contributed by atoms with Crippen LogP contribution in [0.1, 0.15) is 0 Å². The summed E-state index contributed by atoms with van der Waals surface area (Å²) in [5.41, 5.74) is 4.97. The molecule has 0 atom stereocenters. The molecule has 22 heavy (non-hydrogen) atoms. The molecule has 0 aliphatic carbocycles. The third-order valence-electron chi connectivity index (χ3n) is 3.46. The van der Waals surface area contributed by atoms with Gasteiger partial charge in [-0.1, -0.05) is 60.7 Å². The predicted octanol–water partition coefficient (Wildman–Crippen LogP) is 3.75. The number of nitrogens with zero attached hydrogens (tertiary/aromatic N) is 4.